The first-order chi connectivity index (χ1) is 22.0. The molecule has 3 aliphatic carbocycles. The Bertz CT molecular complexity index is 1540. The minimum atomic E-state index is -0.882. The Hall–Kier alpha value is -3.23. The Morgan fingerprint density at radius 3 is 2.50 bits per heavy atom. The number of aliphatic hydroxyl groups excluding tert-OH is 2. The Labute approximate surface area is 273 Å². The van der Waals surface area contributed by atoms with E-state index in [1.54, 1.807) is 5.57 Å². The van der Waals surface area contributed by atoms with E-state index in [-0.39, 0.29) is 35.7 Å². The first kappa shape index (κ1) is 32.7. The highest BCUT2D eigenvalue weighted by Crippen LogP contribution is 2.62. The van der Waals surface area contributed by atoms with E-state index in [9.17, 15) is 15.0 Å². The maximum Gasteiger partial charge on any atom is 0.193 e. The fourth-order valence-corrected chi connectivity index (χ4v) is 7.95. The van der Waals surface area contributed by atoms with Crippen molar-refractivity contribution in [2.75, 3.05) is 30.8 Å². The third kappa shape index (κ3) is 6.35. The number of rotatable bonds is 9. The van der Waals surface area contributed by atoms with Gasteiger partial charge >= 0.3 is 0 Å². The van der Waals surface area contributed by atoms with Crippen molar-refractivity contribution in [3.63, 3.8) is 0 Å². The van der Waals surface area contributed by atoms with E-state index in [0.717, 1.165) is 37.1 Å². The van der Waals surface area contributed by atoms with E-state index >= 15 is 0 Å². The second kappa shape index (κ2) is 13.1. The van der Waals surface area contributed by atoms with E-state index in [2.05, 4.69) is 50.5 Å². The average Bonchev–Trinajstić information content (AvgIpc) is 3.35. The highest BCUT2D eigenvalue weighted by Gasteiger charge is 2.53. The van der Waals surface area contributed by atoms with Gasteiger partial charge < -0.3 is 30.3 Å². The number of hydrogen-bond acceptors (Lipinski definition) is 7. The second-order valence-electron chi connectivity index (χ2n) is 14.5. The normalized spacial score (nSPS) is 31.0. The highest BCUT2D eigenvalue weighted by molar-refractivity contribution is 6.09. The molecule has 1 heterocycles. The number of benzene rings is 2. The number of fused-ring (bicyclic) bond motifs is 3. The van der Waals surface area contributed by atoms with Gasteiger partial charge in [-0.05, 0) is 96.6 Å². The van der Waals surface area contributed by atoms with Crippen molar-refractivity contribution in [1.29, 1.82) is 0 Å². The summed E-state index contributed by atoms with van der Waals surface area (Å²) in [7, 11) is 1.85. The zero-order valence-electron chi connectivity index (χ0n) is 27.9. The molecule has 0 spiro atoms. The van der Waals surface area contributed by atoms with Crippen molar-refractivity contribution in [3.8, 4) is 0 Å². The number of aliphatic hydroxyl groups is 2. The van der Waals surface area contributed by atoms with Crippen molar-refractivity contribution >= 4 is 17.2 Å². The molecule has 246 valence electrons. The molecule has 46 heavy (non-hydrogen) atoms. The van der Waals surface area contributed by atoms with Crippen molar-refractivity contribution < 1.29 is 24.5 Å². The van der Waals surface area contributed by atoms with Gasteiger partial charge in [-0.2, -0.15) is 0 Å². The SMILES string of the molecule is CNc1cccc(C(=O)c2ccc(NCC3=CC=C4C5=C(C(C)C)CCC5(C)CC[C@@]4(C)C(OC4CC(O)[C@H](O)CO4)C3)cc2)c1. The molecule has 0 aromatic heterocycles. The Morgan fingerprint density at radius 2 is 1.78 bits per heavy atom. The molecule has 2 fully saturated rings. The molecular weight excluding hydrogens is 576 g/mol. The van der Waals surface area contributed by atoms with Crippen molar-refractivity contribution in [3.05, 3.63) is 94.1 Å². The summed E-state index contributed by atoms with van der Waals surface area (Å²) in [5.41, 5.74) is 8.85. The lowest BCUT2D eigenvalue weighted by Crippen LogP contribution is -2.48. The van der Waals surface area contributed by atoms with Crippen molar-refractivity contribution in [2.24, 2.45) is 16.7 Å². The number of ketones is 1. The van der Waals surface area contributed by atoms with Crippen LogP contribution in [0.15, 0.2) is 83.0 Å². The van der Waals surface area contributed by atoms with E-state index in [4.69, 9.17) is 9.47 Å². The first-order valence-corrected chi connectivity index (χ1v) is 16.9. The van der Waals surface area contributed by atoms with Gasteiger partial charge in [0.05, 0.1) is 18.8 Å². The van der Waals surface area contributed by atoms with Crippen LogP contribution in [0.25, 0.3) is 0 Å². The predicted octanol–water partition coefficient (Wildman–Crippen LogP) is 7.03. The summed E-state index contributed by atoms with van der Waals surface area (Å²) in [4.78, 5) is 13.1. The smallest absolute Gasteiger partial charge is 0.193 e. The summed E-state index contributed by atoms with van der Waals surface area (Å²) in [6.07, 6.45) is 7.66. The Kier molecular flexibility index (Phi) is 9.32. The first-order valence-electron chi connectivity index (χ1n) is 16.9. The topological polar surface area (TPSA) is 100 Å². The van der Waals surface area contributed by atoms with E-state index in [0.29, 0.717) is 23.6 Å². The summed E-state index contributed by atoms with van der Waals surface area (Å²) in [6.45, 7) is 10.1. The lowest BCUT2D eigenvalue weighted by Gasteiger charge is -2.50. The molecule has 4 N–H and O–H groups in total. The van der Waals surface area contributed by atoms with Crippen LogP contribution in [0.2, 0.25) is 0 Å². The fraction of sp³-hybridized carbons (Fsp3) is 0.513. The van der Waals surface area contributed by atoms with Crippen LogP contribution in [-0.2, 0) is 9.47 Å². The zero-order chi connectivity index (χ0) is 32.6. The van der Waals surface area contributed by atoms with Gasteiger partial charge in [0, 0.05) is 47.9 Å². The van der Waals surface area contributed by atoms with Gasteiger partial charge in [-0.15, -0.1) is 0 Å². The van der Waals surface area contributed by atoms with Gasteiger partial charge in [-0.25, -0.2) is 0 Å². The molecule has 4 aliphatic rings. The third-order valence-electron chi connectivity index (χ3n) is 11.0. The van der Waals surface area contributed by atoms with E-state index < -0.39 is 18.5 Å². The van der Waals surface area contributed by atoms with Crippen molar-refractivity contribution in [2.45, 2.75) is 90.8 Å². The summed E-state index contributed by atoms with van der Waals surface area (Å²) in [6, 6.07) is 15.2. The maximum atomic E-state index is 13.1. The molecule has 0 amide bonds. The van der Waals surface area contributed by atoms with Crippen LogP contribution in [0.3, 0.4) is 0 Å². The van der Waals surface area contributed by atoms with Gasteiger partial charge in [-0.1, -0.05) is 57.6 Å². The summed E-state index contributed by atoms with van der Waals surface area (Å²) < 4.78 is 12.7. The van der Waals surface area contributed by atoms with Gasteiger partial charge in [0.15, 0.2) is 12.1 Å². The number of hydrogen-bond donors (Lipinski definition) is 4. The molecule has 0 bridgehead atoms. The second-order valence-corrected chi connectivity index (χ2v) is 14.5. The number of nitrogens with one attached hydrogen (secondary N) is 2. The zero-order valence-corrected chi connectivity index (χ0v) is 27.9. The van der Waals surface area contributed by atoms with Crippen LogP contribution in [0.5, 0.6) is 0 Å². The molecule has 0 radical (unpaired) electrons. The number of allylic oxidation sites excluding steroid dienone is 4. The minimum absolute atomic E-state index is 0.00542. The maximum absolute atomic E-state index is 13.1. The van der Waals surface area contributed by atoms with Crippen LogP contribution in [0.1, 0.15) is 82.1 Å². The summed E-state index contributed by atoms with van der Waals surface area (Å²) in [5, 5.41) is 27.2. The number of anilines is 2. The van der Waals surface area contributed by atoms with Crippen molar-refractivity contribution in [1.82, 2.24) is 0 Å². The molecule has 2 aromatic rings. The van der Waals surface area contributed by atoms with Gasteiger partial charge in [-0.3, -0.25) is 4.79 Å². The van der Waals surface area contributed by atoms with Gasteiger partial charge in [0.1, 0.15) is 6.10 Å². The lowest BCUT2D eigenvalue weighted by molar-refractivity contribution is -0.245. The van der Waals surface area contributed by atoms with Gasteiger partial charge in [0.2, 0.25) is 0 Å². The number of carbonyl (C=O) groups excluding carboxylic acids is 1. The Morgan fingerprint density at radius 1 is 1.00 bits per heavy atom. The third-order valence-corrected chi connectivity index (χ3v) is 11.0. The monoisotopic (exact) mass is 626 g/mol. The molecule has 6 atom stereocenters. The molecule has 7 heteroatoms. The number of carbonyl (C=O) groups is 1. The summed E-state index contributed by atoms with van der Waals surface area (Å²) in [5.74, 6) is 0.488. The molecule has 6 rings (SSSR count). The number of ether oxygens (including phenoxy) is 2. The average molecular weight is 627 g/mol. The van der Waals surface area contributed by atoms with Crippen LogP contribution < -0.4 is 10.6 Å². The van der Waals surface area contributed by atoms with Gasteiger partial charge in [0.25, 0.3) is 0 Å². The highest BCUT2D eigenvalue weighted by atomic mass is 16.7. The van der Waals surface area contributed by atoms with Crippen LogP contribution in [0, 0.1) is 16.7 Å². The molecule has 1 saturated heterocycles. The van der Waals surface area contributed by atoms with E-state index in [1.165, 1.54) is 23.1 Å². The lowest BCUT2D eigenvalue weighted by atomic mass is 9.57. The van der Waals surface area contributed by atoms with E-state index in [1.807, 2.05) is 55.6 Å². The molecule has 4 unspecified atom stereocenters. The van der Waals surface area contributed by atoms with Crippen LogP contribution >= 0.6 is 0 Å². The molecule has 1 saturated carbocycles. The molecule has 1 aliphatic heterocycles. The predicted molar refractivity (Wildman–Crippen MR) is 183 cm³/mol. The van der Waals surface area contributed by atoms with Crippen LogP contribution in [0.4, 0.5) is 11.4 Å². The molecule has 2 aromatic carbocycles. The quantitative estimate of drug-likeness (QED) is 0.222. The van der Waals surface area contributed by atoms with Crippen LogP contribution in [-0.4, -0.2) is 60.8 Å². The Balaban J connectivity index is 1.24. The molecule has 7 nitrogen and oxygen atoms in total. The fourth-order valence-electron chi connectivity index (χ4n) is 7.95. The largest absolute Gasteiger partial charge is 0.390 e. The summed E-state index contributed by atoms with van der Waals surface area (Å²) >= 11 is 0. The minimum Gasteiger partial charge on any atom is -0.390 e. The molecular formula is C39H50N2O5. The standard InChI is InChI=1S/C39H50N2O5/c1-24(2)30-15-16-38(3)17-18-39(4)31(36(30)38)14-9-25(19-34(39)46-35-21-32(42)33(43)23-45-35)22-41-28-12-10-26(11-13-28)37(44)27-7-6-8-29(20-27)40-5/h6-14,20,24,32-35,40-43H,15-19,21-23H2,1-5H3/t32?,33-,34?,35?,38?,39-/m1/s1.